The highest BCUT2D eigenvalue weighted by Gasteiger charge is 2.19. The van der Waals surface area contributed by atoms with Gasteiger partial charge in [-0.1, -0.05) is 33.1 Å². The molecule has 0 aromatic carbocycles. The minimum absolute atomic E-state index is 0.737. The van der Waals surface area contributed by atoms with Gasteiger partial charge in [0.05, 0.1) is 0 Å². The van der Waals surface area contributed by atoms with Crippen molar-refractivity contribution in [1.82, 2.24) is 15.5 Å². The second-order valence-corrected chi connectivity index (χ2v) is 6.94. The predicted octanol–water partition coefficient (Wildman–Crippen LogP) is 3.06. The molecule has 1 N–H and O–H groups in total. The smallest absolute Gasteiger partial charge is 0.117 e. The molecule has 0 amide bonds. The van der Waals surface area contributed by atoms with Crippen molar-refractivity contribution < 1.29 is 0 Å². The van der Waals surface area contributed by atoms with Gasteiger partial charge in [-0.15, -0.1) is 21.5 Å². The van der Waals surface area contributed by atoms with E-state index in [0.717, 1.165) is 31.3 Å². The molecule has 102 valence electrons. The van der Waals surface area contributed by atoms with Crippen LogP contribution in [0.1, 0.15) is 49.5 Å². The Morgan fingerprint density at radius 1 is 1.28 bits per heavy atom. The van der Waals surface area contributed by atoms with E-state index in [1.54, 1.807) is 0 Å². The Hall–Kier alpha value is -0.480. The Morgan fingerprint density at radius 2 is 2.06 bits per heavy atom. The van der Waals surface area contributed by atoms with Crippen molar-refractivity contribution in [2.45, 2.75) is 52.4 Å². The van der Waals surface area contributed by atoms with Gasteiger partial charge >= 0.3 is 0 Å². The van der Waals surface area contributed by atoms with Crippen LogP contribution in [0.15, 0.2) is 0 Å². The number of nitrogens with one attached hydrogen (secondary N) is 1. The molecule has 4 heteroatoms. The minimum Gasteiger partial charge on any atom is -0.316 e. The highest BCUT2D eigenvalue weighted by atomic mass is 32.1. The fourth-order valence-corrected chi connectivity index (χ4v) is 3.17. The molecule has 0 aliphatic heterocycles. The topological polar surface area (TPSA) is 37.8 Å². The van der Waals surface area contributed by atoms with Crippen LogP contribution in [-0.4, -0.2) is 23.3 Å². The summed E-state index contributed by atoms with van der Waals surface area (Å²) in [6.07, 6.45) is 7.63. The van der Waals surface area contributed by atoms with Crippen LogP contribution in [0.25, 0.3) is 0 Å². The summed E-state index contributed by atoms with van der Waals surface area (Å²) in [5, 5.41) is 14.6. The van der Waals surface area contributed by atoms with Gasteiger partial charge in [-0.3, -0.25) is 0 Å². The van der Waals surface area contributed by atoms with Crippen LogP contribution < -0.4 is 5.32 Å². The summed E-state index contributed by atoms with van der Waals surface area (Å²) < 4.78 is 0. The van der Waals surface area contributed by atoms with Gasteiger partial charge in [0.15, 0.2) is 0 Å². The van der Waals surface area contributed by atoms with Gasteiger partial charge in [0.2, 0.25) is 0 Å². The van der Waals surface area contributed by atoms with Gasteiger partial charge in [0.1, 0.15) is 10.0 Å². The molecule has 1 aromatic heterocycles. The average Bonchev–Trinajstić information content (AvgIpc) is 2.70. The molecule has 1 aliphatic rings. The van der Waals surface area contributed by atoms with Crippen LogP contribution in [0, 0.1) is 11.8 Å². The van der Waals surface area contributed by atoms with Crippen molar-refractivity contribution in [2.75, 3.05) is 13.1 Å². The van der Waals surface area contributed by atoms with Gasteiger partial charge in [0.25, 0.3) is 0 Å². The molecule has 1 aromatic rings. The van der Waals surface area contributed by atoms with Crippen LogP contribution in [0.4, 0.5) is 0 Å². The van der Waals surface area contributed by atoms with Crippen molar-refractivity contribution in [1.29, 1.82) is 0 Å². The van der Waals surface area contributed by atoms with E-state index in [9.17, 15) is 0 Å². The number of nitrogens with zero attached hydrogens (tertiary/aromatic N) is 2. The Balaban J connectivity index is 1.60. The SMILES string of the molecule is CC(C)CNCCCc1nnc(CC2CCC2)s1. The van der Waals surface area contributed by atoms with Gasteiger partial charge in [0, 0.05) is 12.8 Å². The van der Waals surface area contributed by atoms with Crippen LogP contribution in [-0.2, 0) is 12.8 Å². The number of hydrogen-bond acceptors (Lipinski definition) is 4. The first kappa shape index (κ1) is 13.9. The zero-order valence-electron chi connectivity index (χ0n) is 11.6. The molecule has 0 spiro atoms. The highest BCUT2D eigenvalue weighted by Crippen LogP contribution is 2.30. The van der Waals surface area contributed by atoms with Gasteiger partial charge in [-0.25, -0.2) is 0 Å². The number of rotatable bonds is 8. The van der Waals surface area contributed by atoms with E-state index in [-0.39, 0.29) is 0 Å². The third-order valence-corrected chi connectivity index (χ3v) is 4.50. The third-order valence-electron chi connectivity index (χ3n) is 3.49. The Bertz CT molecular complexity index is 345. The Labute approximate surface area is 114 Å². The van der Waals surface area contributed by atoms with Crippen molar-refractivity contribution in [2.24, 2.45) is 11.8 Å². The number of aryl methyl sites for hydroxylation is 1. The maximum absolute atomic E-state index is 4.31. The molecule has 18 heavy (non-hydrogen) atoms. The van der Waals surface area contributed by atoms with Crippen LogP contribution in [0.3, 0.4) is 0 Å². The Kier molecular flexibility index (Phi) is 5.57. The fourth-order valence-electron chi connectivity index (χ4n) is 2.17. The van der Waals surface area contributed by atoms with Gasteiger partial charge in [-0.05, 0) is 31.3 Å². The molecule has 3 nitrogen and oxygen atoms in total. The minimum atomic E-state index is 0.737. The Morgan fingerprint density at radius 3 is 2.72 bits per heavy atom. The van der Waals surface area contributed by atoms with Crippen molar-refractivity contribution in [3.8, 4) is 0 Å². The van der Waals surface area contributed by atoms with Crippen LogP contribution in [0.5, 0.6) is 0 Å². The van der Waals surface area contributed by atoms with Gasteiger partial charge in [-0.2, -0.15) is 0 Å². The number of hydrogen-bond donors (Lipinski definition) is 1. The lowest BCUT2D eigenvalue weighted by Crippen LogP contribution is -2.21. The number of aromatic nitrogens is 2. The second-order valence-electron chi connectivity index (χ2n) is 5.79. The van der Waals surface area contributed by atoms with E-state index in [1.165, 1.54) is 42.1 Å². The molecule has 0 unspecified atom stereocenters. The standard InChI is InChI=1S/C14H25N3S/c1-11(2)10-15-8-4-7-13-16-17-14(18-13)9-12-5-3-6-12/h11-12,15H,3-10H2,1-2H3. The van der Waals surface area contributed by atoms with E-state index in [0.29, 0.717) is 0 Å². The lowest BCUT2D eigenvalue weighted by Gasteiger charge is -2.23. The van der Waals surface area contributed by atoms with Crippen molar-refractivity contribution in [3.63, 3.8) is 0 Å². The molecule has 0 bridgehead atoms. The first-order chi connectivity index (χ1) is 8.74. The van der Waals surface area contributed by atoms with Gasteiger partial charge < -0.3 is 5.32 Å². The summed E-state index contributed by atoms with van der Waals surface area (Å²) in [5.41, 5.74) is 0. The first-order valence-corrected chi connectivity index (χ1v) is 8.07. The third kappa shape index (κ3) is 4.65. The summed E-state index contributed by atoms with van der Waals surface area (Å²) in [5.74, 6) is 1.64. The molecule has 1 aliphatic carbocycles. The van der Waals surface area contributed by atoms with E-state index >= 15 is 0 Å². The first-order valence-electron chi connectivity index (χ1n) is 7.26. The normalized spacial score (nSPS) is 16.2. The molecule has 1 fully saturated rings. The predicted molar refractivity (Wildman–Crippen MR) is 77.0 cm³/mol. The largest absolute Gasteiger partial charge is 0.316 e. The van der Waals surface area contributed by atoms with Crippen molar-refractivity contribution in [3.05, 3.63) is 10.0 Å². The molecule has 0 saturated heterocycles. The maximum Gasteiger partial charge on any atom is 0.117 e. The summed E-state index contributed by atoms with van der Waals surface area (Å²) in [4.78, 5) is 0. The fraction of sp³-hybridized carbons (Fsp3) is 0.857. The second kappa shape index (κ2) is 7.19. The summed E-state index contributed by atoms with van der Waals surface area (Å²) >= 11 is 1.82. The van der Waals surface area contributed by atoms with E-state index in [2.05, 4.69) is 29.4 Å². The summed E-state index contributed by atoms with van der Waals surface area (Å²) in [6.45, 7) is 6.69. The quantitative estimate of drug-likeness (QED) is 0.736. The molecule has 2 rings (SSSR count). The molecular weight excluding hydrogens is 242 g/mol. The van der Waals surface area contributed by atoms with Crippen LogP contribution >= 0.6 is 11.3 Å². The molecule has 0 radical (unpaired) electrons. The van der Waals surface area contributed by atoms with E-state index < -0.39 is 0 Å². The van der Waals surface area contributed by atoms with E-state index in [1.807, 2.05) is 11.3 Å². The maximum atomic E-state index is 4.31. The van der Waals surface area contributed by atoms with Crippen molar-refractivity contribution >= 4 is 11.3 Å². The van der Waals surface area contributed by atoms with E-state index in [4.69, 9.17) is 0 Å². The molecule has 0 atom stereocenters. The monoisotopic (exact) mass is 267 g/mol. The molecule has 1 heterocycles. The molecule has 1 saturated carbocycles. The highest BCUT2D eigenvalue weighted by molar-refractivity contribution is 7.11. The lowest BCUT2D eigenvalue weighted by molar-refractivity contribution is 0.313. The molecular formula is C14H25N3S. The van der Waals surface area contributed by atoms with Crippen LogP contribution in [0.2, 0.25) is 0 Å². The summed E-state index contributed by atoms with van der Waals surface area (Å²) in [7, 11) is 0. The lowest BCUT2D eigenvalue weighted by atomic mass is 9.83. The zero-order chi connectivity index (χ0) is 12.8. The zero-order valence-corrected chi connectivity index (χ0v) is 12.4. The average molecular weight is 267 g/mol. The summed E-state index contributed by atoms with van der Waals surface area (Å²) in [6, 6.07) is 0.